The molecule has 1 aliphatic heterocycles. The molecule has 4 nitrogen and oxygen atoms in total. The molecule has 1 fully saturated rings. The molecule has 0 N–H and O–H groups in total. The number of halogens is 6. The number of rotatable bonds is 6. The van der Waals surface area contributed by atoms with Gasteiger partial charge in [0.1, 0.15) is 11.9 Å². The molecule has 0 unspecified atom stereocenters. The Kier molecular flexibility index (Phi) is 7.94. The average molecular weight is 512 g/mol. The van der Waals surface area contributed by atoms with E-state index < -0.39 is 15.5 Å². The Balaban J connectivity index is 1.69. The van der Waals surface area contributed by atoms with Gasteiger partial charge in [-0.3, -0.25) is 0 Å². The fourth-order valence-electron chi connectivity index (χ4n) is 3.52. The molecule has 0 saturated carbocycles. The summed E-state index contributed by atoms with van der Waals surface area (Å²) >= 11 is 18.0. The van der Waals surface area contributed by atoms with E-state index in [2.05, 4.69) is 4.98 Å². The van der Waals surface area contributed by atoms with Crippen LogP contribution in [0.1, 0.15) is 37.8 Å². The number of nitrogens with zero attached hydrogens (tertiary/aromatic N) is 2. The summed E-state index contributed by atoms with van der Waals surface area (Å²) in [6, 6.07) is 7.55. The first-order chi connectivity index (χ1) is 15.0. The van der Waals surface area contributed by atoms with Gasteiger partial charge in [-0.05, 0) is 30.7 Å². The minimum Gasteiger partial charge on any atom is -0.490 e. The molecule has 2 heterocycles. The molecule has 1 aliphatic rings. The highest BCUT2D eigenvalue weighted by Crippen LogP contribution is 2.42. The van der Waals surface area contributed by atoms with Crippen LogP contribution < -0.4 is 14.4 Å². The number of piperidine rings is 1. The lowest BCUT2D eigenvalue weighted by Gasteiger charge is -2.37. The van der Waals surface area contributed by atoms with Gasteiger partial charge < -0.3 is 14.4 Å². The van der Waals surface area contributed by atoms with Crippen LogP contribution in [0, 0.1) is 5.92 Å². The van der Waals surface area contributed by atoms with Crippen molar-refractivity contribution in [2.24, 2.45) is 5.92 Å². The maximum atomic E-state index is 12.8. The summed E-state index contributed by atoms with van der Waals surface area (Å²) in [5, 5.41) is 0. The lowest BCUT2D eigenvalue weighted by atomic mass is 9.96. The summed E-state index contributed by atoms with van der Waals surface area (Å²) < 4.78 is 48.8. The summed E-state index contributed by atoms with van der Waals surface area (Å²) in [6.45, 7) is 5.72. The van der Waals surface area contributed by atoms with Crippen molar-refractivity contribution in [3.63, 3.8) is 0 Å². The van der Waals surface area contributed by atoms with E-state index in [4.69, 9.17) is 44.3 Å². The minimum absolute atomic E-state index is 0.0970. The van der Waals surface area contributed by atoms with Crippen LogP contribution in [0.5, 0.6) is 11.5 Å². The number of hydrogen-bond acceptors (Lipinski definition) is 4. The van der Waals surface area contributed by atoms with Crippen molar-refractivity contribution in [1.82, 2.24) is 4.98 Å². The van der Waals surface area contributed by atoms with Crippen LogP contribution in [0.3, 0.4) is 0 Å². The molecule has 1 saturated heterocycles. The van der Waals surface area contributed by atoms with Gasteiger partial charge in [0.2, 0.25) is 3.79 Å². The molecule has 10 heteroatoms. The number of pyridine rings is 1. The largest absolute Gasteiger partial charge is 0.490 e. The van der Waals surface area contributed by atoms with E-state index in [0.717, 1.165) is 18.7 Å². The summed E-state index contributed by atoms with van der Waals surface area (Å²) in [6.07, 6.45) is -2.16. The summed E-state index contributed by atoms with van der Waals surface area (Å²) in [5.74, 6) is 1.69. The van der Waals surface area contributed by atoms with Crippen molar-refractivity contribution < 1.29 is 22.6 Å². The molecule has 1 aromatic heterocycles. The zero-order valence-corrected chi connectivity index (χ0v) is 19.9. The quantitative estimate of drug-likeness (QED) is 0.391. The predicted octanol–water partition coefficient (Wildman–Crippen LogP) is 7.01. The zero-order chi connectivity index (χ0) is 23.5. The molecule has 32 heavy (non-hydrogen) atoms. The maximum Gasteiger partial charge on any atom is 0.417 e. The van der Waals surface area contributed by atoms with E-state index in [1.54, 1.807) is 18.2 Å². The molecule has 2 atom stereocenters. The van der Waals surface area contributed by atoms with Crippen LogP contribution in [0.25, 0.3) is 0 Å². The molecule has 0 radical (unpaired) electrons. The summed E-state index contributed by atoms with van der Waals surface area (Å²) in [5.41, 5.74) is -0.275. The number of anilines is 1. The molecular weight excluding hydrogens is 488 g/mol. The minimum atomic E-state index is -4.40. The topological polar surface area (TPSA) is 34.6 Å². The zero-order valence-electron chi connectivity index (χ0n) is 17.6. The summed E-state index contributed by atoms with van der Waals surface area (Å²) in [4.78, 5) is 5.96. The molecule has 0 amide bonds. The van der Waals surface area contributed by atoms with Crippen molar-refractivity contribution in [2.45, 2.75) is 42.8 Å². The van der Waals surface area contributed by atoms with Crippen LogP contribution in [0.2, 0.25) is 0 Å². The number of benzene rings is 1. The van der Waals surface area contributed by atoms with E-state index >= 15 is 0 Å². The third-order valence-corrected chi connectivity index (χ3v) is 5.89. The van der Waals surface area contributed by atoms with Crippen molar-refractivity contribution in [1.29, 1.82) is 0 Å². The first-order valence-corrected chi connectivity index (χ1v) is 11.4. The van der Waals surface area contributed by atoms with Crippen LogP contribution in [-0.4, -0.2) is 30.8 Å². The Morgan fingerprint density at radius 2 is 1.81 bits per heavy atom. The molecule has 0 bridgehead atoms. The number of ether oxygens (including phenoxy) is 2. The van der Waals surface area contributed by atoms with Gasteiger partial charge in [0.15, 0.2) is 11.5 Å². The lowest BCUT2D eigenvalue weighted by Crippen LogP contribution is -2.44. The molecule has 2 aromatic rings. The van der Waals surface area contributed by atoms with Gasteiger partial charge in [0, 0.05) is 37.2 Å². The fourth-order valence-corrected chi connectivity index (χ4v) is 3.87. The molecule has 1 aromatic carbocycles. The van der Waals surface area contributed by atoms with E-state index in [0.29, 0.717) is 49.0 Å². The van der Waals surface area contributed by atoms with Crippen molar-refractivity contribution in [2.75, 3.05) is 24.6 Å². The standard InChI is InChI=1S/C22H24Cl3F3N2O2/c1-3-10-31-19-11-15(21(23,24)25)4-6-18(19)32-17-8-9-30(13-14(17)2)20-7-5-16(12-29-20)22(26,27)28/h4-7,11-12,14,17H,3,8-10,13H2,1-2H3/t14-,17+/m0/s1. The monoisotopic (exact) mass is 510 g/mol. The molecular formula is C22H24Cl3F3N2O2. The second-order valence-corrected chi connectivity index (χ2v) is 10.1. The first kappa shape index (κ1) is 25.1. The van der Waals surface area contributed by atoms with Crippen LogP contribution in [0.15, 0.2) is 36.5 Å². The van der Waals surface area contributed by atoms with Crippen molar-refractivity contribution in [3.05, 3.63) is 47.7 Å². The summed E-state index contributed by atoms with van der Waals surface area (Å²) in [7, 11) is 0. The van der Waals surface area contributed by atoms with E-state index in [9.17, 15) is 13.2 Å². The van der Waals surface area contributed by atoms with Gasteiger partial charge in [0.25, 0.3) is 0 Å². The smallest absolute Gasteiger partial charge is 0.417 e. The van der Waals surface area contributed by atoms with E-state index in [1.807, 2.05) is 18.7 Å². The van der Waals surface area contributed by atoms with Gasteiger partial charge in [-0.15, -0.1) is 0 Å². The number of aromatic nitrogens is 1. The van der Waals surface area contributed by atoms with Crippen molar-refractivity contribution in [3.8, 4) is 11.5 Å². The van der Waals surface area contributed by atoms with Crippen LogP contribution in [-0.2, 0) is 9.97 Å². The maximum absolute atomic E-state index is 12.8. The van der Waals surface area contributed by atoms with Gasteiger partial charge in [-0.2, -0.15) is 13.2 Å². The normalized spacial score (nSPS) is 19.7. The van der Waals surface area contributed by atoms with Gasteiger partial charge in [0.05, 0.1) is 12.2 Å². The third kappa shape index (κ3) is 6.27. The lowest BCUT2D eigenvalue weighted by molar-refractivity contribution is -0.137. The van der Waals surface area contributed by atoms with Gasteiger partial charge >= 0.3 is 6.18 Å². The average Bonchev–Trinajstić information content (AvgIpc) is 2.73. The predicted molar refractivity (Wildman–Crippen MR) is 121 cm³/mol. The third-order valence-electron chi connectivity index (χ3n) is 5.24. The Hall–Kier alpha value is -1.57. The molecule has 0 spiro atoms. The number of hydrogen-bond donors (Lipinski definition) is 0. The molecule has 0 aliphatic carbocycles. The Morgan fingerprint density at radius 3 is 2.38 bits per heavy atom. The van der Waals surface area contributed by atoms with Crippen LogP contribution >= 0.6 is 34.8 Å². The highest BCUT2D eigenvalue weighted by molar-refractivity contribution is 6.66. The van der Waals surface area contributed by atoms with E-state index in [-0.39, 0.29) is 12.0 Å². The highest BCUT2D eigenvalue weighted by Gasteiger charge is 2.33. The highest BCUT2D eigenvalue weighted by atomic mass is 35.6. The second-order valence-electron chi connectivity index (χ2n) is 7.78. The fraction of sp³-hybridized carbons (Fsp3) is 0.500. The van der Waals surface area contributed by atoms with E-state index in [1.165, 1.54) is 6.07 Å². The van der Waals surface area contributed by atoms with Crippen LogP contribution in [0.4, 0.5) is 19.0 Å². The van der Waals surface area contributed by atoms with Crippen molar-refractivity contribution >= 4 is 40.6 Å². The SMILES string of the molecule is CCCOc1cc(C(Cl)(Cl)Cl)ccc1O[C@@H]1CCN(c2ccc(C(F)(F)F)cn2)C[C@@H]1C. The Bertz CT molecular complexity index is 905. The van der Waals surface area contributed by atoms with Gasteiger partial charge in [-0.1, -0.05) is 54.7 Å². The molecule has 3 rings (SSSR count). The Morgan fingerprint density at radius 1 is 1.09 bits per heavy atom. The Labute approximate surface area is 200 Å². The molecule has 176 valence electrons. The second kappa shape index (κ2) is 10.1. The number of alkyl halides is 6. The van der Waals surface area contributed by atoms with Gasteiger partial charge in [-0.25, -0.2) is 4.98 Å². The first-order valence-electron chi connectivity index (χ1n) is 10.3.